The highest BCUT2D eigenvalue weighted by atomic mass is 16.3. The van der Waals surface area contributed by atoms with Crippen LogP contribution in [0.25, 0.3) is 0 Å². The van der Waals surface area contributed by atoms with Crippen LogP contribution in [0.2, 0.25) is 0 Å². The third-order valence-electron chi connectivity index (χ3n) is 2.87. The molecule has 0 bridgehead atoms. The molecule has 0 aliphatic heterocycles. The van der Waals surface area contributed by atoms with E-state index in [0.29, 0.717) is 12.1 Å². The van der Waals surface area contributed by atoms with E-state index in [1.165, 1.54) is 12.8 Å². The summed E-state index contributed by atoms with van der Waals surface area (Å²) in [7, 11) is 0. The Labute approximate surface area is 80.7 Å². The quantitative estimate of drug-likeness (QED) is 0.542. The second-order valence-electron chi connectivity index (χ2n) is 3.96. The molecule has 1 aliphatic carbocycles. The zero-order valence-corrected chi connectivity index (χ0v) is 8.50. The summed E-state index contributed by atoms with van der Waals surface area (Å²) in [5.74, 6) is 0.803. The van der Waals surface area contributed by atoms with Crippen molar-refractivity contribution in [2.75, 3.05) is 13.2 Å². The molecule has 1 rings (SSSR count). The fraction of sp³-hybridized carbons (Fsp3) is 1.00. The van der Waals surface area contributed by atoms with E-state index in [2.05, 4.69) is 12.2 Å². The molecular weight excluding hydrogens is 164 g/mol. The molecule has 0 amide bonds. The van der Waals surface area contributed by atoms with Crippen molar-refractivity contribution in [1.29, 1.82) is 0 Å². The maximum Gasteiger partial charge on any atom is 0.0445 e. The van der Waals surface area contributed by atoms with E-state index in [1.807, 2.05) is 0 Å². The predicted octanol–water partition coefficient (Wildman–Crippen LogP) is 0.474. The van der Waals surface area contributed by atoms with Crippen LogP contribution in [0.3, 0.4) is 0 Å². The molecule has 0 radical (unpaired) electrons. The Morgan fingerprint density at radius 1 is 1.54 bits per heavy atom. The van der Waals surface area contributed by atoms with E-state index in [4.69, 9.17) is 10.8 Å². The minimum absolute atomic E-state index is 0.271. The normalized spacial score (nSPS) is 21.5. The van der Waals surface area contributed by atoms with E-state index in [0.717, 1.165) is 25.3 Å². The van der Waals surface area contributed by atoms with Crippen LogP contribution in [0, 0.1) is 5.92 Å². The summed E-state index contributed by atoms with van der Waals surface area (Å²) in [5, 5.41) is 12.4. The molecule has 0 aromatic heterocycles. The van der Waals surface area contributed by atoms with Gasteiger partial charge in [-0.1, -0.05) is 6.92 Å². The second kappa shape index (κ2) is 5.58. The third kappa shape index (κ3) is 3.63. The average molecular weight is 186 g/mol. The lowest BCUT2D eigenvalue weighted by atomic mass is 10.1. The van der Waals surface area contributed by atoms with E-state index < -0.39 is 0 Å². The molecule has 4 N–H and O–H groups in total. The van der Waals surface area contributed by atoms with E-state index in [-0.39, 0.29) is 6.61 Å². The van der Waals surface area contributed by atoms with Crippen LogP contribution in [0.1, 0.15) is 32.6 Å². The monoisotopic (exact) mass is 186 g/mol. The molecule has 1 fully saturated rings. The number of nitrogens with one attached hydrogen (secondary N) is 1. The number of hydrogen-bond donors (Lipinski definition) is 3. The summed E-state index contributed by atoms with van der Waals surface area (Å²) >= 11 is 0. The number of hydrogen-bond acceptors (Lipinski definition) is 3. The Bertz CT molecular complexity index is 137. The fourth-order valence-electron chi connectivity index (χ4n) is 1.76. The van der Waals surface area contributed by atoms with Gasteiger partial charge >= 0.3 is 0 Å². The van der Waals surface area contributed by atoms with Gasteiger partial charge in [0.1, 0.15) is 0 Å². The lowest BCUT2D eigenvalue weighted by molar-refractivity contribution is 0.252. The van der Waals surface area contributed by atoms with Gasteiger partial charge in [0.15, 0.2) is 0 Å². The number of aliphatic hydroxyl groups is 1. The van der Waals surface area contributed by atoms with Crippen molar-refractivity contribution in [3.63, 3.8) is 0 Å². The molecule has 0 aromatic rings. The van der Waals surface area contributed by atoms with Crippen LogP contribution < -0.4 is 11.1 Å². The van der Waals surface area contributed by atoms with Crippen LogP contribution in [0.4, 0.5) is 0 Å². The lowest BCUT2D eigenvalue weighted by Crippen LogP contribution is -2.44. The summed E-state index contributed by atoms with van der Waals surface area (Å²) in [6.45, 7) is 3.15. The highest BCUT2D eigenvalue weighted by molar-refractivity contribution is 4.88. The Morgan fingerprint density at radius 2 is 2.23 bits per heavy atom. The molecule has 2 unspecified atom stereocenters. The van der Waals surface area contributed by atoms with E-state index in [9.17, 15) is 0 Å². The van der Waals surface area contributed by atoms with Crippen molar-refractivity contribution >= 4 is 0 Å². The maximum atomic E-state index is 8.84. The lowest BCUT2D eigenvalue weighted by Gasteiger charge is -2.23. The number of nitrogens with two attached hydrogens (primary N) is 1. The first kappa shape index (κ1) is 11.0. The minimum Gasteiger partial charge on any atom is -0.396 e. The van der Waals surface area contributed by atoms with Crippen LogP contribution in [0.5, 0.6) is 0 Å². The van der Waals surface area contributed by atoms with Crippen molar-refractivity contribution in [1.82, 2.24) is 5.32 Å². The summed E-state index contributed by atoms with van der Waals surface area (Å²) in [6, 6.07) is 0.927. The molecule has 0 heterocycles. The molecule has 0 saturated heterocycles. The van der Waals surface area contributed by atoms with Crippen molar-refractivity contribution in [3.8, 4) is 0 Å². The van der Waals surface area contributed by atoms with Gasteiger partial charge in [0.25, 0.3) is 0 Å². The van der Waals surface area contributed by atoms with Gasteiger partial charge < -0.3 is 16.2 Å². The van der Waals surface area contributed by atoms with Gasteiger partial charge in [-0.15, -0.1) is 0 Å². The van der Waals surface area contributed by atoms with E-state index >= 15 is 0 Å². The summed E-state index contributed by atoms with van der Waals surface area (Å²) in [6.07, 6.45) is 4.57. The summed E-state index contributed by atoms with van der Waals surface area (Å²) < 4.78 is 0. The standard InChI is InChI=1S/C10H22N2O/c1-2-9(5-6-13)12-10(7-11)8-3-4-8/h8-10,12-13H,2-7,11H2,1H3. The summed E-state index contributed by atoms with van der Waals surface area (Å²) in [5.41, 5.74) is 5.69. The first-order valence-corrected chi connectivity index (χ1v) is 5.38. The highest BCUT2D eigenvalue weighted by Crippen LogP contribution is 2.32. The molecule has 3 nitrogen and oxygen atoms in total. The molecule has 1 aliphatic rings. The largest absolute Gasteiger partial charge is 0.396 e. The highest BCUT2D eigenvalue weighted by Gasteiger charge is 2.30. The molecule has 3 heteroatoms. The first-order chi connectivity index (χ1) is 6.31. The van der Waals surface area contributed by atoms with E-state index in [1.54, 1.807) is 0 Å². The zero-order chi connectivity index (χ0) is 9.68. The summed E-state index contributed by atoms with van der Waals surface area (Å²) in [4.78, 5) is 0. The van der Waals surface area contributed by atoms with Gasteiger partial charge in [-0.25, -0.2) is 0 Å². The molecule has 2 atom stereocenters. The molecule has 13 heavy (non-hydrogen) atoms. The topological polar surface area (TPSA) is 58.3 Å². The average Bonchev–Trinajstić information content (AvgIpc) is 2.95. The number of rotatable bonds is 7. The predicted molar refractivity (Wildman–Crippen MR) is 54.5 cm³/mol. The Hall–Kier alpha value is -0.120. The SMILES string of the molecule is CCC(CCO)NC(CN)C1CC1. The van der Waals surface area contributed by atoms with Gasteiger partial charge in [-0.2, -0.15) is 0 Å². The number of aliphatic hydroxyl groups excluding tert-OH is 1. The van der Waals surface area contributed by atoms with Crippen LogP contribution in [0.15, 0.2) is 0 Å². The zero-order valence-electron chi connectivity index (χ0n) is 8.50. The molecule has 1 saturated carbocycles. The molecule has 78 valence electrons. The molecule has 0 aromatic carbocycles. The molecular formula is C10H22N2O. The fourth-order valence-corrected chi connectivity index (χ4v) is 1.76. The van der Waals surface area contributed by atoms with Crippen molar-refractivity contribution < 1.29 is 5.11 Å². The second-order valence-corrected chi connectivity index (χ2v) is 3.96. The van der Waals surface area contributed by atoms with Crippen molar-refractivity contribution in [2.24, 2.45) is 11.7 Å². The Balaban J connectivity index is 2.24. The van der Waals surface area contributed by atoms with Gasteiger partial charge in [-0.05, 0) is 31.6 Å². The van der Waals surface area contributed by atoms with Crippen molar-refractivity contribution in [2.45, 2.75) is 44.7 Å². The van der Waals surface area contributed by atoms with Crippen LogP contribution in [-0.4, -0.2) is 30.3 Å². The molecule has 0 spiro atoms. The maximum absolute atomic E-state index is 8.84. The van der Waals surface area contributed by atoms with Crippen LogP contribution in [-0.2, 0) is 0 Å². The van der Waals surface area contributed by atoms with Crippen molar-refractivity contribution in [3.05, 3.63) is 0 Å². The third-order valence-corrected chi connectivity index (χ3v) is 2.87. The Morgan fingerprint density at radius 3 is 2.62 bits per heavy atom. The van der Waals surface area contributed by atoms with Gasteiger partial charge in [0.05, 0.1) is 0 Å². The Kier molecular flexibility index (Phi) is 4.70. The smallest absolute Gasteiger partial charge is 0.0445 e. The minimum atomic E-state index is 0.271. The van der Waals surface area contributed by atoms with Crippen LogP contribution >= 0.6 is 0 Å². The first-order valence-electron chi connectivity index (χ1n) is 5.38. The van der Waals surface area contributed by atoms with Gasteiger partial charge in [-0.3, -0.25) is 0 Å². The van der Waals surface area contributed by atoms with Gasteiger partial charge in [0, 0.05) is 25.2 Å². The van der Waals surface area contributed by atoms with Gasteiger partial charge in [0.2, 0.25) is 0 Å².